The van der Waals surface area contributed by atoms with Crippen molar-refractivity contribution in [2.24, 2.45) is 5.73 Å². The zero-order valence-corrected chi connectivity index (χ0v) is 19.4. The predicted octanol–water partition coefficient (Wildman–Crippen LogP) is 2.76. The Morgan fingerprint density at radius 2 is 1.90 bits per heavy atom. The van der Waals surface area contributed by atoms with Crippen LogP contribution in [0, 0.1) is 6.92 Å². The molecule has 164 valence electrons. The van der Waals surface area contributed by atoms with Gasteiger partial charge in [0, 0.05) is 18.0 Å². The first kappa shape index (κ1) is 24.3. The minimum absolute atomic E-state index is 0. The van der Waals surface area contributed by atoms with Crippen LogP contribution in [0.2, 0.25) is 0 Å². The molecular weight excluding hydrogens is 446 g/mol. The summed E-state index contributed by atoms with van der Waals surface area (Å²) >= 11 is 1.30. The van der Waals surface area contributed by atoms with Crippen LogP contribution in [-0.4, -0.2) is 44.0 Å². The Balaban J connectivity index is 0.00000320. The van der Waals surface area contributed by atoms with Crippen molar-refractivity contribution >= 4 is 50.4 Å². The molecule has 0 spiro atoms. The number of carbonyl (C=O) groups excluding carboxylic acids is 2. The molecular formula is C20H26ClN3O4S2. The quantitative estimate of drug-likeness (QED) is 0.645. The maximum Gasteiger partial charge on any atom is 0.251 e. The van der Waals surface area contributed by atoms with Gasteiger partial charge >= 0.3 is 0 Å². The van der Waals surface area contributed by atoms with Crippen LogP contribution in [0.1, 0.15) is 39.7 Å². The molecule has 1 aliphatic rings. The topological polar surface area (TPSA) is 110 Å². The Morgan fingerprint density at radius 1 is 1.23 bits per heavy atom. The number of nitrogens with one attached hydrogen (secondary N) is 1. The van der Waals surface area contributed by atoms with Crippen LogP contribution in [0.4, 0.5) is 5.00 Å². The average Bonchev–Trinajstić information content (AvgIpc) is 2.98. The van der Waals surface area contributed by atoms with Gasteiger partial charge in [0.2, 0.25) is 5.91 Å². The number of carbonyl (C=O) groups is 2. The van der Waals surface area contributed by atoms with Gasteiger partial charge in [-0.25, -0.2) is 8.42 Å². The Morgan fingerprint density at radius 3 is 2.50 bits per heavy atom. The van der Waals surface area contributed by atoms with E-state index in [1.54, 1.807) is 12.1 Å². The van der Waals surface area contributed by atoms with Gasteiger partial charge < -0.3 is 11.1 Å². The molecule has 1 aliphatic heterocycles. The zero-order chi connectivity index (χ0) is 21.2. The van der Waals surface area contributed by atoms with Gasteiger partial charge in [-0.1, -0.05) is 24.6 Å². The third-order valence-corrected chi connectivity index (χ3v) is 7.64. The number of benzene rings is 1. The first-order chi connectivity index (χ1) is 13.7. The lowest BCUT2D eigenvalue weighted by atomic mass is 10.0. The van der Waals surface area contributed by atoms with E-state index in [9.17, 15) is 18.0 Å². The molecule has 1 aromatic heterocycles. The number of nitrogens with zero attached hydrogens (tertiary/aromatic N) is 1. The van der Waals surface area contributed by atoms with E-state index < -0.39 is 27.4 Å². The van der Waals surface area contributed by atoms with Gasteiger partial charge in [-0.05, 0) is 44.0 Å². The summed E-state index contributed by atoms with van der Waals surface area (Å²) < 4.78 is 25.0. The van der Waals surface area contributed by atoms with E-state index >= 15 is 0 Å². The fraction of sp³-hybridized carbons (Fsp3) is 0.400. The van der Waals surface area contributed by atoms with E-state index in [-0.39, 0.29) is 17.3 Å². The van der Waals surface area contributed by atoms with E-state index in [2.05, 4.69) is 17.1 Å². The monoisotopic (exact) mass is 471 g/mol. The van der Waals surface area contributed by atoms with Crippen molar-refractivity contribution in [3.63, 3.8) is 0 Å². The van der Waals surface area contributed by atoms with Crippen molar-refractivity contribution in [2.75, 3.05) is 24.2 Å². The molecule has 2 heterocycles. The van der Waals surface area contributed by atoms with Crippen molar-refractivity contribution in [3.05, 3.63) is 45.8 Å². The number of fused-ring (bicyclic) bond motifs is 1. The number of amides is 2. The van der Waals surface area contributed by atoms with Gasteiger partial charge in [0.15, 0.2) is 9.84 Å². The fourth-order valence-corrected chi connectivity index (χ4v) is 5.92. The second kappa shape index (κ2) is 9.91. The molecule has 0 unspecified atom stereocenters. The summed E-state index contributed by atoms with van der Waals surface area (Å²) in [6.07, 6.45) is 1.71. The molecule has 0 saturated carbocycles. The molecule has 0 fully saturated rings. The third kappa shape index (κ3) is 5.40. The van der Waals surface area contributed by atoms with Crippen LogP contribution in [0.15, 0.2) is 29.2 Å². The molecule has 2 aromatic rings. The first-order valence-electron chi connectivity index (χ1n) is 9.47. The van der Waals surface area contributed by atoms with Crippen LogP contribution >= 0.6 is 23.7 Å². The van der Waals surface area contributed by atoms with Crippen LogP contribution in [0.3, 0.4) is 0 Å². The van der Waals surface area contributed by atoms with Gasteiger partial charge in [-0.15, -0.1) is 23.7 Å². The summed E-state index contributed by atoms with van der Waals surface area (Å²) in [7, 11) is -3.78. The molecule has 7 nitrogen and oxygen atoms in total. The van der Waals surface area contributed by atoms with Crippen molar-refractivity contribution in [1.29, 1.82) is 0 Å². The lowest BCUT2D eigenvalue weighted by molar-refractivity contribution is -0.113. The SMILES string of the molecule is CCCN1CCc2c(sc(NC(=O)CS(=O)(=O)c3ccc(C)cc3)c2C(N)=O)C1.Cl. The molecule has 3 N–H and O–H groups in total. The molecule has 3 rings (SSSR count). The summed E-state index contributed by atoms with van der Waals surface area (Å²) in [6, 6.07) is 6.34. The molecule has 0 radical (unpaired) electrons. The normalized spacial score (nSPS) is 13.9. The summed E-state index contributed by atoms with van der Waals surface area (Å²) in [4.78, 5) is 27.9. The number of rotatable bonds is 7. The standard InChI is InChI=1S/C20H25N3O4S2.ClH/c1-3-9-23-10-8-15-16(11-23)28-20(18(15)19(21)25)22-17(24)12-29(26,27)14-6-4-13(2)5-7-14;/h4-7H,3,8-12H2,1-2H3,(H2,21,25)(H,22,24);1H. The predicted molar refractivity (Wildman–Crippen MR) is 121 cm³/mol. The first-order valence-corrected chi connectivity index (χ1v) is 11.9. The zero-order valence-electron chi connectivity index (χ0n) is 16.9. The van der Waals surface area contributed by atoms with Crippen LogP contribution in [0.25, 0.3) is 0 Å². The van der Waals surface area contributed by atoms with Crippen molar-refractivity contribution < 1.29 is 18.0 Å². The minimum Gasteiger partial charge on any atom is -0.365 e. The third-order valence-electron chi connectivity index (χ3n) is 4.88. The van der Waals surface area contributed by atoms with E-state index in [0.717, 1.165) is 35.5 Å². The number of hydrogen-bond acceptors (Lipinski definition) is 6. The molecule has 0 atom stereocenters. The Hall–Kier alpha value is -1.94. The summed E-state index contributed by atoms with van der Waals surface area (Å²) in [5.41, 5.74) is 7.68. The van der Waals surface area contributed by atoms with Crippen molar-refractivity contribution in [3.8, 4) is 0 Å². The number of thiophene rings is 1. The van der Waals surface area contributed by atoms with Gasteiger partial charge in [0.1, 0.15) is 10.8 Å². The maximum atomic E-state index is 12.5. The number of primary amides is 1. The molecule has 1 aromatic carbocycles. The highest BCUT2D eigenvalue weighted by atomic mass is 35.5. The average molecular weight is 472 g/mol. The minimum atomic E-state index is -3.78. The summed E-state index contributed by atoms with van der Waals surface area (Å²) in [5.74, 6) is -1.99. The lowest BCUT2D eigenvalue weighted by Crippen LogP contribution is -2.31. The fourth-order valence-electron chi connectivity index (χ4n) is 3.48. The van der Waals surface area contributed by atoms with E-state index in [0.29, 0.717) is 23.5 Å². The van der Waals surface area contributed by atoms with Gasteiger partial charge in [-0.3, -0.25) is 14.5 Å². The second-order valence-electron chi connectivity index (χ2n) is 7.22. The number of hydrogen-bond donors (Lipinski definition) is 2. The van der Waals surface area contributed by atoms with Crippen molar-refractivity contribution in [1.82, 2.24) is 4.90 Å². The van der Waals surface area contributed by atoms with E-state index in [1.807, 2.05) is 6.92 Å². The Kier molecular flexibility index (Phi) is 8.04. The lowest BCUT2D eigenvalue weighted by Gasteiger charge is -2.26. The molecule has 0 aliphatic carbocycles. The number of anilines is 1. The van der Waals surface area contributed by atoms with Crippen molar-refractivity contribution in [2.45, 2.75) is 38.1 Å². The number of nitrogens with two attached hydrogens (primary N) is 1. The van der Waals surface area contributed by atoms with Gasteiger partial charge in [-0.2, -0.15) is 0 Å². The molecule has 10 heteroatoms. The Bertz CT molecular complexity index is 1030. The highest BCUT2D eigenvalue weighted by Crippen LogP contribution is 2.37. The number of sulfone groups is 1. The highest BCUT2D eigenvalue weighted by molar-refractivity contribution is 7.92. The van der Waals surface area contributed by atoms with Crippen LogP contribution < -0.4 is 11.1 Å². The van der Waals surface area contributed by atoms with E-state index in [1.165, 1.54) is 23.5 Å². The number of aryl methyl sites for hydroxylation is 1. The highest BCUT2D eigenvalue weighted by Gasteiger charge is 2.28. The van der Waals surface area contributed by atoms with Crippen LogP contribution in [0.5, 0.6) is 0 Å². The maximum absolute atomic E-state index is 12.5. The smallest absolute Gasteiger partial charge is 0.251 e. The Labute approximate surface area is 187 Å². The van der Waals surface area contributed by atoms with E-state index in [4.69, 9.17) is 5.73 Å². The summed E-state index contributed by atoms with van der Waals surface area (Å²) in [6.45, 7) is 6.45. The van der Waals surface area contributed by atoms with Gasteiger partial charge in [0.05, 0.1) is 10.5 Å². The largest absolute Gasteiger partial charge is 0.365 e. The molecule has 0 bridgehead atoms. The number of halogens is 1. The van der Waals surface area contributed by atoms with Crippen LogP contribution in [-0.2, 0) is 27.6 Å². The molecule has 30 heavy (non-hydrogen) atoms. The second-order valence-corrected chi connectivity index (χ2v) is 10.3. The summed E-state index contributed by atoms with van der Waals surface area (Å²) in [5, 5.41) is 2.95. The van der Waals surface area contributed by atoms with Gasteiger partial charge in [0.25, 0.3) is 5.91 Å². The molecule has 2 amide bonds. The molecule has 0 saturated heterocycles.